The van der Waals surface area contributed by atoms with Gasteiger partial charge in [-0.1, -0.05) is 17.7 Å². The molecule has 0 aliphatic carbocycles. The number of hydrogen-bond donors (Lipinski definition) is 1. The van der Waals surface area contributed by atoms with Crippen molar-refractivity contribution in [3.05, 3.63) is 75.2 Å². The quantitative estimate of drug-likeness (QED) is 0.655. The molecule has 1 aromatic heterocycles. The van der Waals surface area contributed by atoms with Crippen molar-refractivity contribution in [3.63, 3.8) is 0 Å². The van der Waals surface area contributed by atoms with Gasteiger partial charge < -0.3 is 23.9 Å². The number of aliphatic hydroxyl groups excluding tert-OH is 1. The molecule has 0 fully saturated rings. The highest BCUT2D eigenvalue weighted by atomic mass is 35.5. The van der Waals surface area contributed by atoms with Crippen molar-refractivity contribution in [2.24, 2.45) is 7.05 Å². The number of fused-ring (bicyclic) bond motifs is 4. The second-order valence-electron chi connectivity index (χ2n) is 6.74. The molecule has 0 bridgehead atoms. The van der Waals surface area contributed by atoms with E-state index < -0.39 is 0 Å². The van der Waals surface area contributed by atoms with E-state index in [1.807, 2.05) is 12.1 Å². The SMILES string of the molecule is Cn1cc2c(cc1=O)OCCOCc1cc(Cl)ccc1Oc1ccc(CO)cc1-2. The number of aryl methyl sites for hydroxylation is 1. The first-order valence-electron chi connectivity index (χ1n) is 9.17. The zero-order valence-corrected chi connectivity index (χ0v) is 16.6. The molecule has 29 heavy (non-hydrogen) atoms. The number of aromatic nitrogens is 1. The Hall–Kier alpha value is -2.80. The molecule has 1 aliphatic rings. The Balaban J connectivity index is 1.93. The molecule has 0 amide bonds. The van der Waals surface area contributed by atoms with E-state index >= 15 is 0 Å². The maximum Gasteiger partial charge on any atom is 0.254 e. The van der Waals surface area contributed by atoms with Gasteiger partial charge in [0.2, 0.25) is 0 Å². The van der Waals surface area contributed by atoms with Crippen LogP contribution in [-0.2, 0) is 25.0 Å². The summed E-state index contributed by atoms with van der Waals surface area (Å²) in [4.78, 5) is 12.2. The van der Waals surface area contributed by atoms with Crippen LogP contribution in [0.3, 0.4) is 0 Å². The summed E-state index contributed by atoms with van der Waals surface area (Å²) in [6.45, 7) is 0.818. The largest absolute Gasteiger partial charge is 0.490 e. The number of pyridine rings is 1. The van der Waals surface area contributed by atoms with E-state index in [4.69, 9.17) is 25.8 Å². The van der Waals surface area contributed by atoms with E-state index in [1.165, 1.54) is 10.6 Å². The number of hydrogen-bond acceptors (Lipinski definition) is 5. The highest BCUT2D eigenvalue weighted by Gasteiger charge is 2.18. The molecule has 0 unspecified atom stereocenters. The van der Waals surface area contributed by atoms with Gasteiger partial charge in [0.25, 0.3) is 5.56 Å². The molecule has 3 aromatic rings. The van der Waals surface area contributed by atoms with Gasteiger partial charge in [0.15, 0.2) is 0 Å². The van der Waals surface area contributed by atoms with Crippen molar-refractivity contribution in [1.29, 1.82) is 0 Å². The van der Waals surface area contributed by atoms with Crippen molar-refractivity contribution < 1.29 is 19.3 Å². The Labute approximate surface area is 172 Å². The maximum atomic E-state index is 12.2. The lowest BCUT2D eigenvalue weighted by molar-refractivity contribution is 0.0878. The Bertz CT molecular complexity index is 1110. The molecule has 0 saturated carbocycles. The number of halogens is 1. The molecular weight excluding hydrogens is 394 g/mol. The van der Waals surface area contributed by atoms with E-state index in [-0.39, 0.29) is 18.8 Å². The third-order valence-electron chi connectivity index (χ3n) is 4.69. The summed E-state index contributed by atoms with van der Waals surface area (Å²) in [5.41, 5.74) is 2.76. The Morgan fingerprint density at radius 1 is 1.03 bits per heavy atom. The molecule has 0 radical (unpaired) electrons. The standard InChI is InChI=1S/C22H20ClNO5/c1-24-11-18-17-8-14(12-25)2-4-20(17)29-19-5-3-16(23)9-15(19)13-27-6-7-28-21(18)10-22(24)26/h2-5,8-11,25H,6-7,12-13H2,1H3. The number of aliphatic hydroxyl groups is 1. The van der Waals surface area contributed by atoms with E-state index in [1.54, 1.807) is 37.5 Å². The molecule has 4 rings (SSSR count). The summed E-state index contributed by atoms with van der Waals surface area (Å²) in [6.07, 6.45) is 1.70. The first kappa shape index (κ1) is 19.5. The van der Waals surface area contributed by atoms with Crippen LogP contribution in [0.25, 0.3) is 11.1 Å². The summed E-state index contributed by atoms with van der Waals surface area (Å²) in [5.74, 6) is 1.63. The van der Waals surface area contributed by atoms with Crippen LogP contribution in [-0.4, -0.2) is 22.9 Å². The van der Waals surface area contributed by atoms with Gasteiger partial charge in [-0.15, -0.1) is 0 Å². The maximum absolute atomic E-state index is 12.2. The van der Waals surface area contributed by atoms with Crippen LogP contribution in [0, 0.1) is 0 Å². The number of rotatable bonds is 1. The van der Waals surface area contributed by atoms with E-state index in [2.05, 4.69) is 0 Å². The van der Waals surface area contributed by atoms with Crippen LogP contribution in [0.2, 0.25) is 5.02 Å². The molecule has 0 spiro atoms. The predicted octanol–water partition coefficient (Wildman–Crippen LogP) is 3.90. The van der Waals surface area contributed by atoms with Gasteiger partial charge >= 0.3 is 0 Å². The zero-order valence-electron chi connectivity index (χ0n) is 15.9. The van der Waals surface area contributed by atoms with Crippen molar-refractivity contribution in [2.45, 2.75) is 13.2 Å². The molecule has 2 heterocycles. The van der Waals surface area contributed by atoms with E-state index in [9.17, 15) is 9.90 Å². The second kappa shape index (κ2) is 8.29. The fourth-order valence-corrected chi connectivity index (χ4v) is 3.38. The number of nitrogens with zero attached hydrogens (tertiary/aromatic N) is 1. The van der Waals surface area contributed by atoms with Gasteiger partial charge in [0.05, 0.1) is 19.8 Å². The smallest absolute Gasteiger partial charge is 0.254 e. The van der Waals surface area contributed by atoms with Gasteiger partial charge in [-0.05, 0) is 35.9 Å². The summed E-state index contributed by atoms with van der Waals surface area (Å²) in [7, 11) is 1.68. The van der Waals surface area contributed by atoms with Crippen LogP contribution in [0.15, 0.2) is 53.5 Å². The van der Waals surface area contributed by atoms with Crippen LogP contribution in [0.4, 0.5) is 0 Å². The van der Waals surface area contributed by atoms with E-state index in [0.717, 1.165) is 11.1 Å². The fraction of sp³-hybridized carbons (Fsp3) is 0.227. The lowest BCUT2D eigenvalue weighted by Gasteiger charge is -2.19. The molecule has 0 saturated heterocycles. The average Bonchev–Trinajstić information content (AvgIpc) is 2.71. The highest BCUT2D eigenvalue weighted by Crippen LogP contribution is 2.40. The van der Waals surface area contributed by atoms with E-state index in [0.29, 0.717) is 46.6 Å². The molecule has 1 aliphatic heterocycles. The van der Waals surface area contributed by atoms with Crippen molar-refractivity contribution in [2.75, 3.05) is 13.2 Å². The predicted molar refractivity (Wildman–Crippen MR) is 110 cm³/mol. The lowest BCUT2D eigenvalue weighted by atomic mass is 10.0. The van der Waals surface area contributed by atoms with Gasteiger partial charge in [-0.25, -0.2) is 0 Å². The van der Waals surface area contributed by atoms with Crippen LogP contribution < -0.4 is 15.0 Å². The number of benzene rings is 2. The Morgan fingerprint density at radius 3 is 2.69 bits per heavy atom. The van der Waals surface area contributed by atoms with Gasteiger partial charge in [-0.2, -0.15) is 0 Å². The molecule has 2 aromatic carbocycles. The van der Waals surface area contributed by atoms with Crippen LogP contribution in [0.1, 0.15) is 11.1 Å². The minimum absolute atomic E-state index is 0.116. The first-order valence-corrected chi connectivity index (χ1v) is 9.54. The highest BCUT2D eigenvalue weighted by molar-refractivity contribution is 6.30. The van der Waals surface area contributed by atoms with Gasteiger partial charge in [0.1, 0.15) is 23.9 Å². The third kappa shape index (κ3) is 4.15. The van der Waals surface area contributed by atoms with Crippen molar-refractivity contribution >= 4 is 11.6 Å². The van der Waals surface area contributed by atoms with Gasteiger partial charge in [0, 0.05) is 41.0 Å². The minimum Gasteiger partial charge on any atom is -0.490 e. The van der Waals surface area contributed by atoms with Crippen LogP contribution in [0.5, 0.6) is 17.2 Å². The minimum atomic E-state index is -0.183. The summed E-state index contributed by atoms with van der Waals surface area (Å²) in [6, 6.07) is 12.2. The average molecular weight is 414 g/mol. The molecular formula is C22H20ClNO5. The molecule has 7 heteroatoms. The van der Waals surface area contributed by atoms with Crippen molar-refractivity contribution in [1.82, 2.24) is 4.57 Å². The zero-order chi connectivity index (χ0) is 20.4. The van der Waals surface area contributed by atoms with Gasteiger partial charge in [-0.3, -0.25) is 4.79 Å². The normalized spacial score (nSPS) is 13.6. The Kier molecular flexibility index (Phi) is 5.58. The Morgan fingerprint density at radius 2 is 1.86 bits per heavy atom. The lowest BCUT2D eigenvalue weighted by Crippen LogP contribution is -2.17. The summed E-state index contributed by atoms with van der Waals surface area (Å²) >= 11 is 6.15. The molecule has 1 N–H and O–H groups in total. The fourth-order valence-electron chi connectivity index (χ4n) is 3.18. The summed E-state index contributed by atoms with van der Waals surface area (Å²) < 4.78 is 19.3. The topological polar surface area (TPSA) is 69.9 Å². The molecule has 150 valence electrons. The summed E-state index contributed by atoms with van der Waals surface area (Å²) in [5, 5.41) is 10.2. The van der Waals surface area contributed by atoms with Crippen LogP contribution >= 0.6 is 11.6 Å². The van der Waals surface area contributed by atoms with Crippen molar-refractivity contribution in [3.8, 4) is 28.4 Å². The number of ether oxygens (including phenoxy) is 3. The third-order valence-corrected chi connectivity index (χ3v) is 4.93. The first-order chi connectivity index (χ1) is 14.0. The molecule has 6 nitrogen and oxygen atoms in total. The second-order valence-corrected chi connectivity index (χ2v) is 7.18. The monoisotopic (exact) mass is 413 g/mol. The molecule has 0 atom stereocenters.